The first-order valence-corrected chi connectivity index (χ1v) is 5.92. The average molecular weight is 323 g/mol. The van der Waals surface area contributed by atoms with Crippen molar-refractivity contribution in [3.8, 4) is 0 Å². The first kappa shape index (κ1) is 27.3. The number of carboxylic acid groups (broad SMARTS) is 1. The molecule has 0 rings (SSSR count). The van der Waals surface area contributed by atoms with Gasteiger partial charge in [0, 0.05) is 0 Å². The summed E-state index contributed by atoms with van der Waals surface area (Å²) in [7, 11) is 12.3. The zero-order chi connectivity index (χ0) is 15.4. The Morgan fingerprint density at radius 1 is 0.947 bits per heavy atom. The summed E-state index contributed by atoms with van der Waals surface area (Å²) in [5.41, 5.74) is -1.61. The van der Waals surface area contributed by atoms with E-state index in [4.69, 9.17) is 20.1 Å². The maximum atomic E-state index is 8.65. The van der Waals surface area contributed by atoms with Crippen LogP contribution in [0.4, 0.5) is 4.79 Å². The van der Waals surface area contributed by atoms with E-state index in [-0.39, 0.29) is 25.6 Å². The van der Waals surface area contributed by atoms with Crippen molar-refractivity contribution in [3.05, 3.63) is 0 Å². The van der Waals surface area contributed by atoms with Gasteiger partial charge in [-0.1, -0.05) is 11.6 Å². The summed E-state index contributed by atoms with van der Waals surface area (Å²) in [5, 5.41) is 25.4. The average Bonchev–Trinajstić information content (AvgIpc) is 1.97. The predicted molar refractivity (Wildman–Crippen MR) is 71.2 cm³/mol. The van der Waals surface area contributed by atoms with Gasteiger partial charge in [0.25, 0.3) is 0 Å². The number of quaternary nitrogens is 2. The molecule has 120 valence electrons. The maximum absolute atomic E-state index is 8.65. The van der Waals surface area contributed by atoms with Crippen LogP contribution in [0.1, 0.15) is 0 Å². The van der Waals surface area contributed by atoms with Crippen LogP contribution in [0.25, 0.3) is 0 Å². The summed E-state index contributed by atoms with van der Waals surface area (Å²) in [4.78, 5) is 8.65. The van der Waals surface area contributed by atoms with Crippen molar-refractivity contribution < 1.29 is 41.5 Å². The number of nitrogens with zero attached hydrogens (tertiary/aromatic N) is 2. The number of halogens is 2. The second-order valence-electron chi connectivity index (χ2n) is 5.71. The van der Waals surface area contributed by atoms with Gasteiger partial charge in [-0.3, -0.25) is 0 Å². The first-order valence-electron chi connectivity index (χ1n) is 5.55. The highest BCUT2D eigenvalue weighted by Crippen LogP contribution is 1.85. The zero-order valence-electron chi connectivity index (χ0n) is 12.7. The molecule has 0 fully saturated rings. The van der Waals surface area contributed by atoms with Gasteiger partial charge in [-0.15, -0.1) is 0 Å². The second kappa shape index (κ2) is 14.3. The van der Waals surface area contributed by atoms with Crippen LogP contribution in [-0.2, 0) is 0 Å². The number of carbonyl (C=O) groups excluding carboxylic acids is 1. The third-order valence-corrected chi connectivity index (χ3v) is 1.54. The van der Waals surface area contributed by atoms with Crippen molar-refractivity contribution in [1.82, 2.24) is 0 Å². The molecule has 0 saturated heterocycles. The Balaban J connectivity index is -0.0000000900. The lowest BCUT2D eigenvalue weighted by atomic mass is 10.5. The number of carbonyl (C=O) groups is 1. The molecule has 0 atom stereocenters. The Labute approximate surface area is 127 Å². The fourth-order valence-electron chi connectivity index (χ4n) is 0.600. The number of hydrogen-bond donors (Lipinski definition) is 2. The lowest BCUT2D eigenvalue weighted by Crippen LogP contribution is -3.00. The van der Waals surface area contributed by atoms with Gasteiger partial charge >= 0.3 is 0 Å². The van der Waals surface area contributed by atoms with Crippen LogP contribution in [0.15, 0.2) is 0 Å². The van der Waals surface area contributed by atoms with Gasteiger partial charge in [-0.25, -0.2) is 0 Å². The summed E-state index contributed by atoms with van der Waals surface area (Å²) in [5.74, 6) is 0. The van der Waals surface area contributed by atoms with Crippen LogP contribution < -0.4 is 17.5 Å². The van der Waals surface area contributed by atoms with Gasteiger partial charge in [-0.2, -0.15) is 0 Å². The first-order chi connectivity index (χ1) is 7.85. The van der Waals surface area contributed by atoms with Gasteiger partial charge in [0.1, 0.15) is 18.5 Å². The molecular formula is C11H28Cl2N2O4. The molecule has 0 aliphatic rings. The van der Waals surface area contributed by atoms with Crippen LogP contribution >= 0.6 is 11.6 Å². The number of aliphatic hydroxyl groups is 2. The molecule has 0 aromatic carbocycles. The molecule has 0 aliphatic heterocycles. The van der Waals surface area contributed by atoms with E-state index in [1.165, 1.54) is 0 Å². The lowest BCUT2D eigenvalue weighted by molar-refractivity contribution is -0.870. The van der Waals surface area contributed by atoms with Crippen molar-refractivity contribution in [1.29, 1.82) is 0 Å². The van der Waals surface area contributed by atoms with Crippen molar-refractivity contribution in [2.75, 3.05) is 68.6 Å². The molecule has 0 aromatic heterocycles. The van der Waals surface area contributed by atoms with Crippen molar-refractivity contribution in [3.63, 3.8) is 0 Å². The molecule has 19 heavy (non-hydrogen) atoms. The molecule has 0 saturated carbocycles. The zero-order valence-corrected chi connectivity index (χ0v) is 14.2. The Hall–Kier alpha value is -0.110. The summed E-state index contributed by atoms with van der Waals surface area (Å²) >= 11 is 4.08. The molecule has 0 unspecified atom stereocenters. The molecule has 0 aromatic rings. The van der Waals surface area contributed by atoms with Gasteiger partial charge < -0.3 is 41.5 Å². The Bertz CT molecular complexity index is 184. The van der Waals surface area contributed by atoms with E-state index in [2.05, 4.69) is 53.9 Å². The van der Waals surface area contributed by atoms with E-state index in [0.717, 1.165) is 22.1 Å². The minimum absolute atomic E-state index is 0. The third kappa shape index (κ3) is 72.6. The second-order valence-corrected chi connectivity index (χ2v) is 6.02. The topological polar surface area (TPSA) is 80.6 Å². The maximum Gasteiger partial charge on any atom is 0.134 e. The summed E-state index contributed by atoms with van der Waals surface area (Å²) in [6.45, 7) is 2.23. The van der Waals surface area contributed by atoms with Crippen molar-refractivity contribution >= 4 is 17.0 Å². The van der Waals surface area contributed by atoms with E-state index in [0.29, 0.717) is 0 Å². The lowest BCUT2D eigenvalue weighted by Gasteiger charge is -2.21. The van der Waals surface area contributed by atoms with E-state index < -0.39 is 5.43 Å². The molecule has 6 nitrogen and oxygen atoms in total. The summed E-state index contributed by atoms with van der Waals surface area (Å²) < 4.78 is 1.69. The summed E-state index contributed by atoms with van der Waals surface area (Å²) in [6.07, 6.45) is 0. The minimum atomic E-state index is -1.61. The fraction of sp³-hybridized carbons (Fsp3) is 0.909. The van der Waals surface area contributed by atoms with Gasteiger partial charge in [0.2, 0.25) is 0 Å². The standard InChI is InChI=1S/2C5H14NO.CHClO2.ClH/c2*1-6(2,3)4-5-7;2-1(3)4;/h2*7H,4-5H2,1-3H3;(H,3,4);1H/q2*+1;;/p-2. The number of likely N-dealkylation sites (N-methyl/N-ethyl adjacent to an activating group) is 2. The van der Waals surface area contributed by atoms with E-state index in [9.17, 15) is 0 Å². The van der Waals surface area contributed by atoms with Crippen LogP contribution in [0.3, 0.4) is 0 Å². The van der Waals surface area contributed by atoms with Crippen LogP contribution in [0, 0.1) is 0 Å². The highest BCUT2D eigenvalue weighted by atomic mass is 35.5. The van der Waals surface area contributed by atoms with Crippen molar-refractivity contribution in [2.24, 2.45) is 0 Å². The molecule has 0 radical (unpaired) electrons. The van der Waals surface area contributed by atoms with Crippen molar-refractivity contribution in [2.45, 2.75) is 0 Å². The normalized spacial score (nSPS) is 10.2. The molecule has 0 amide bonds. The number of aliphatic hydroxyl groups excluding tert-OH is 2. The molecule has 0 aliphatic carbocycles. The summed E-state index contributed by atoms with van der Waals surface area (Å²) in [6, 6.07) is 0. The molecular weight excluding hydrogens is 295 g/mol. The Kier molecular flexibility index (Phi) is 20.5. The predicted octanol–water partition coefficient (Wildman–Crippen LogP) is -4.06. The largest absolute Gasteiger partial charge is 1.00 e. The highest BCUT2D eigenvalue weighted by Gasteiger charge is 2.02. The molecule has 8 heteroatoms. The SMILES string of the molecule is C[N+](C)(C)CCO.C[N+](C)(C)CCO.O=C([O-])Cl.[Cl-]. The monoisotopic (exact) mass is 322 g/mol. The number of hydrogen-bond acceptors (Lipinski definition) is 4. The quantitative estimate of drug-likeness (QED) is 0.408. The third-order valence-electron chi connectivity index (χ3n) is 1.54. The minimum Gasteiger partial charge on any atom is -1.00 e. The van der Waals surface area contributed by atoms with Gasteiger partial charge in [0.05, 0.1) is 55.5 Å². The molecule has 0 heterocycles. The molecule has 0 spiro atoms. The van der Waals surface area contributed by atoms with Crippen LogP contribution in [0.2, 0.25) is 0 Å². The smallest absolute Gasteiger partial charge is 0.134 e. The van der Waals surface area contributed by atoms with Crippen LogP contribution in [-0.4, -0.2) is 93.2 Å². The highest BCUT2D eigenvalue weighted by molar-refractivity contribution is 6.59. The molecule has 2 N–H and O–H groups in total. The Morgan fingerprint density at radius 3 is 1.11 bits per heavy atom. The molecule has 0 bridgehead atoms. The van der Waals surface area contributed by atoms with E-state index >= 15 is 0 Å². The number of rotatable bonds is 4. The van der Waals surface area contributed by atoms with Gasteiger partial charge in [-0.05, 0) is 0 Å². The van der Waals surface area contributed by atoms with Gasteiger partial charge in [0.15, 0.2) is 0 Å². The fourth-order valence-corrected chi connectivity index (χ4v) is 0.600. The van der Waals surface area contributed by atoms with Crippen LogP contribution in [0.5, 0.6) is 0 Å². The van der Waals surface area contributed by atoms with E-state index in [1.807, 2.05) is 0 Å². The Morgan fingerprint density at radius 2 is 1.11 bits per heavy atom. The van der Waals surface area contributed by atoms with E-state index in [1.54, 1.807) is 0 Å².